The number of hydrogen-bond donors (Lipinski definition) is 0. The molecular formula is C13H18O. The van der Waals surface area contributed by atoms with Gasteiger partial charge in [0.1, 0.15) is 11.4 Å². The Morgan fingerprint density at radius 1 is 1.36 bits per heavy atom. The molecule has 1 aliphatic heterocycles. The fourth-order valence-electron chi connectivity index (χ4n) is 1.93. The molecule has 0 aromatic heterocycles. The number of benzene rings is 1. The molecule has 0 bridgehead atoms. The molecule has 0 N–H and O–H groups in total. The zero-order chi connectivity index (χ0) is 10.3. The van der Waals surface area contributed by atoms with Crippen molar-refractivity contribution in [1.82, 2.24) is 0 Å². The van der Waals surface area contributed by atoms with Gasteiger partial charge in [-0.15, -0.1) is 0 Å². The van der Waals surface area contributed by atoms with Crippen LogP contribution in [0, 0.1) is 12.8 Å². The zero-order valence-corrected chi connectivity index (χ0v) is 9.42. The predicted octanol–water partition coefficient (Wildman–Crippen LogP) is 3.34. The van der Waals surface area contributed by atoms with E-state index in [0.717, 1.165) is 12.2 Å². The Morgan fingerprint density at radius 3 is 2.79 bits per heavy atom. The summed E-state index contributed by atoms with van der Waals surface area (Å²) < 4.78 is 5.99. The molecule has 0 fully saturated rings. The summed E-state index contributed by atoms with van der Waals surface area (Å²) >= 11 is 0. The summed E-state index contributed by atoms with van der Waals surface area (Å²) in [6.07, 6.45) is 1.13. The minimum atomic E-state index is -0.0255. The van der Waals surface area contributed by atoms with E-state index in [-0.39, 0.29) is 5.60 Å². The molecule has 0 amide bonds. The minimum absolute atomic E-state index is 0.0255. The third-order valence-corrected chi connectivity index (χ3v) is 3.30. The first-order valence-electron chi connectivity index (χ1n) is 5.27. The Kier molecular flexibility index (Phi) is 2.06. The molecule has 1 nitrogen and oxygen atoms in total. The summed E-state index contributed by atoms with van der Waals surface area (Å²) in [5.74, 6) is 1.65. The van der Waals surface area contributed by atoms with Crippen molar-refractivity contribution in [1.29, 1.82) is 0 Å². The average Bonchev–Trinajstić information content (AvgIpc) is 2.08. The summed E-state index contributed by atoms with van der Waals surface area (Å²) in [5.41, 5.74) is 2.65. The van der Waals surface area contributed by atoms with Gasteiger partial charge in [-0.25, -0.2) is 0 Å². The Morgan fingerprint density at radius 2 is 2.07 bits per heavy atom. The summed E-state index contributed by atoms with van der Waals surface area (Å²) in [4.78, 5) is 0. The van der Waals surface area contributed by atoms with Crippen LogP contribution in [0.4, 0.5) is 0 Å². The molecule has 1 aliphatic rings. The monoisotopic (exact) mass is 190 g/mol. The maximum absolute atomic E-state index is 5.99. The van der Waals surface area contributed by atoms with E-state index in [9.17, 15) is 0 Å². The van der Waals surface area contributed by atoms with Crippen molar-refractivity contribution in [2.24, 2.45) is 5.92 Å². The Balaban J connectivity index is 2.41. The topological polar surface area (TPSA) is 9.23 Å². The molecule has 76 valence electrons. The van der Waals surface area contributed by atoms with Gasteiger partial charge in [-0.3, -0.25) is 0 Å². The van der Waals surface area contributed by atoms with Crippen molar-refractivity contribution >= 4 is 0 Å². The molecule has 1 atom stereocenters. The lowest BCUT2D eigenvalue weighted by molar-refractivity contribution is 0.0354. The Labute approximate surface area is 86.1 Å². The van der Waals surface area contributed by atoms with Gasteiger partial charge in [0, 0.05) is 0 Å². The van der Waals surface area contributed by atoms with Crippen molar-refractivity contribution < 1.29 is 4.74 Å². The minimum Gasteiger partial charge on any atom is -0.487 e. The first-order valence-corrected chi connectivity index (χ1v) is 5.27. The van der Waals surface area contributed by atoms with Gasteiger partial charge < -0.3 is 4.74 Å². The predicted molar refractivity (Wildman–Crippen MR) is 58.8 cm³/mol. The van der Waals surface area contributed by atoms with Gasteiger partial charge in [-0.1, -0.05) is 24.6 Å². The van der Waals surface area contributed by atoms with Gasteiger partial charge in [-0.05, 0) is 44.7 Å². The maximum Gasteiger partial charge on any atom is 0.123 e. The van der Waals surface area contributed by atoms with E-state index < -0.39 is 0 Å². The zero-order valence-electron chi connectivity index (χ0n) is 9.42. The molecule has 0 aliphatic carbocycles. The molecule has 0 saturated carbocycles. The van der Waals surface area contributed by atoms with Gasteiger partial charge >= 0.3 is 0 Å². The smallest absolute Gasteiger partial charge is 0.123 e. The lowest BCUT2D eigenvalue weighted by Gasteiger charge is -2.38. The maximum atomic E-state index is 5.99. The molecule has 1 heteroatoms. The number of ether oxygens (including phenoxy) is 1. The molecule has 0 radical (unpaired) electrons. The second-order valence-corrected chi connectivity index (χ2v) is 4.92. The van der Waals surface area contributed by atoms with Gasteiger partial charge in [0.2, 0.25) is 0 Å². The second-order valence-electron chi connectivity index (χ2n) is 4.92. The highest BCUT2D eigenvalue weighted by Gasteiger charge is 2.33. The summed E-state index contributed by atoms with van der Waals surface area (Å²) in [5, 5.41) is 0. The van der Waals surface area contributed by atoms with Crippen LogP contribution in [-0.4, -0.2) is 5.60 Å². The molecule has 2 rings (SSSR count). The SMILES string of the molecule is Cc1ccc2c(c1)CC(C)C(C)(C)O2. The fourth-order valence-corrected chi connectivity index (χ4v) is 1.93. The van der Waals surface area contributed by atoms with Crippen LogP contribution in [0.25, 0.3) is 0 Å². The molecule has 0 spiro atoms. The van der Waals surface area contributed by atoms with Gasteiger partial charge in [0.15, 0.2) is 0 Å². The molecule has 1 unspecified atom stereocenters. The van der Waals surface area contributed by atoms with Crippen molar-refractivity contribution in [2.75, 3.05) is 0 Å². The lowest BCUT2D eigenvalue weighted by Crippen LogP contribution is -2.40. The van der Waals surface area contributed by atoms with Gasteiger partial charge in [0.25, 0.3) is 0 Å². The molecule has 1 aromatic carbocycles. The van der Waals surface area contributed by atoms with E-state index in [0.29, 0.717) is 5.92 Å². The van der Waals surface area contributed by atoms with E-state index in [1.165, 1.54) is 11.1 Å². The third-order valence-electron chi connectivity index (χ3n) is 3.30. The van der Waals surface area contributed by atoms with E-state index in [1.54, 1.807) is 0 Å². The molecule has 0 saturated heterocycles. The first kappa shape index (κ1) is 9.57. The molecular weight excluding hydrogens is 172 g/mol. The van der Waals surface area contributed by atoms with Crippen LogP contribution in [0.3, 0.4) is 0 Å². The standard InChI is InChI=1S/C13H18O/c1-9-5-6-12-11(7-9)8-10(2)13(3,4)14-12/h5-7,10H,8H2,1-4H3. The molecule has 14 heavy (non-hydrogen) atoms. The normalized spacial score (nSPS) is 23.9. The largest absolute Gasteiger partial charge is 0.487 e. The number of rotatable bonds is 0. The van der Waals surface area contributed by atoms with Crippen LogP contribution in [-0.2, 0) is 6.42 Å². The van der Waals surface area contributed by atoms with Gasteiger partial charge in [0.05, 0.1) is 0 Å². The van der Waals surface area contributed by atoms with Crippen molar-refractivity contribution in [3.8, 4) is 5.75 Å². The number of hydrogen-bond acceptors (Lipinski definition) is 1. The van der Waals surface area contributed by atoms with Crippen LogP contribution in [0.2, 0.25) is 0 Å². The highest BCUT2D eigenvalue weighted by molar-refractivity contribution is 5.39. The van der Waals surface area contributed by atoms with Crippen LogP contribution >= 0.6 is 0 Å². The van der Waals surface area contributed by atoms with Crippen LogP contribution < -0.4 is 4.74 Å². The second kappa shape index (κ2) is 3.01. The van der Waals surface area contributed by atoms with E-state index in [2.05, 4.69) is 45.9 Å². The van der Waals surface area contributed by atoms with E-state index in [4.69, 9.17) is 4.74 Å². The van der Waals surface area contributed by atoms with Gasteiger partial charge in [-0.2, -0.15) is 0 Å². The van der Waals surface area contributed by atoms with Crippen molar-refractivity contribution in [3.05, 3.63) is 29.3 Å². The molecule has 1 heterocycles. The Hall–Kier alpha value is -0.980. The number of aryl methyl sites for hydroxylation is 1. The molecule has 1 aromatic rings. The van der Waals surface area contributed by atoms with E-state index >= 15 is 0 Å². The summed E-state index contributed by atoms with van der Waals surface area (Å²) in [6, 6.07) is 6.45. The Bertz CT molecular complexity index is 352. The van der Waals surface area contributed by atoms with E-state index in [1.807, 2.05) is 0 Å². The fraction of sp³-hybridized carbons (Fsp3) is 0.538. The quantitative estimate of drug-likeness (QED) is 0.609. The van der Waals surface area contributed by atoms with Crippen LogP contribution in [0.1, 0.15) is 31.9 Å². The average molecular weight is 190 g/mol. The number of fused-ring (bicyclic) bond motifs is 1. The van der Waals surface area contributed by atoms with Crippen LogP contribution in [0.15, 0.2) is 18.2 Å². The highest BCUT2D eigenvalue weighted by Crippen LogP contribution is 2.36. The van der Waals surface area contributed by atoms with Crippen molar-refractivity contribution in [3.63, 3.8) is 0 Å². The summed E-state index contributed by atoms with van der Waals surface area (Å²) in [7, 11) is 0. The lowest BCUT2D eigenvalue weighted by atomic mass is 9.84. The van der Waals surface area contributed by atoms with Crippen LogP contribution in [0.5, 0.6) is 5.75 Å². The third kappa shape index (κ3) is 1.52. The van der Waals surface area contributed by atoms with Crippen molar-refractivity contribution in [2.45, 2.75) is 39.7 Å². The summed E-state index contributed by atoms with van der Waals surface area (Å²) in [6.45, 7) is 8.72. The first-order chi connectivity index (χ1) is 6.49. The highest BCUT2D eigenvalue weighted by atomic mass is 16.5.